The molecule has 5 heteroatoms. The van der Waals surface area contributed by atoms with Crippen LogP contribution in [0.2, 0.25) is 0 Å². The molecular formula is C14H17BrN4. The lowest BCUT2D eigenvalue weighted by molar-refractivity contribution is 0.440. The van der Waals surface area contributed by atoms with Crippen molar-refractivity contribution in [1.29, 1.82) is 0 Å². The molecule has 3 heterocycles. The summed E-state index contributed by atoms with van der Waals surface area (Å²) in [6.45, 7) is 2.16. The molecule has 0 aromatic carbocycles. The number of aryl methyl sites for hydroxylation is 1. The predicted octanol–water partition coefficient (Wildman–Crippen LogP) is 2.71. The Balaban J connectivity index is 2.00. The number of halogens is 1. The lowest BCUT2D eigenvalue weighted by Crippen LogP contribution is -2.29. The summed E-state index contributed by atoms with van der Waals surface area (Å²) < 4.78 is 3.13. The maximum absolute atomic E-state index is 4.67. The number of piperidine rings is 1. The van der Waals surface area contributed by atoms with Crippen LogP contribution in [0.15, 0.2) is 29.0 Å². The highest BCUT2D eigenvalue weighted by molar-refractivity contribution is 9.10. The maximum Gasteiger partial charge on any atom is 0.107 e. The largest absolute Gasteiger partial charge is 0.316 e. The van der Waals surface area contributed by atoms with Crippen LogP contribution in [0.1, 0.15) is 24.5 Å². The van der Waals surface area contributed by atoms with E-state index in [0.29, 0.717) is 5.92 Å². The third kappa shape index (κ3) is 2.44. The van der Waals surface area contributed by atoms with Crippen molar-refractivity contribution in [3.05, 3.63) is 34.7 Å². The summed E-state index contributed by atoms with van der Waals surface area (Å²) in [4.78, 5) is 4.06. The van der Waals surface area contributed by atoms with Gasteiger partial charge in [0.25, 0.3) is 0 Å². The van der Waals surface area contributed by atoms with E-state index in [0.717, 1.165) is 28.8 Å². The molecule has 3 rings (SSSR count). The molecule has 1 aliphatic rings. The molecule has 1 aliphatic heterocycles. The molecule has 2 aromatic heterocycles. The number of nitrogens with one attached hydrogen (secondary N) is 1. The number of nitrogens with zero attached hydrogens (tertiary/aromatic N) is 3. The standard InChI is InChI=1S/C14H17BrN4/c1-19-14(11-3-2-6-17-9-11)12(15)13(18-19)10-4-7-16-8-5-10/h4-5,7-8,11,17H,2-3,6,9H2,1H3. The first-order valence-corrected chi connectivity index (χ1v) is 7.40. The van der Waals surface area contributed by atoms with E-state index in [-0.39, 0.29) is 0 Å². The summed E-state index contributed by atoms with van der Waals surface area (Å²) in [7, 11) is 2.03. The Morgan fingerprint density at radius 3 is 2.84 bits per heavy atom. The van der Waals surface area contributed by atoms with Crippen LogP contribution in [-0.2, 0) is 7.05 Å². The molecule has 4 nitrogen and oxygen atoms in total. The van der Waals surface area contributed by atoms with E-state index < -0.39 is 0 Å². The van der Waals surface area contributed by atoms with Gasteiger partial charge >= 0.3 is 0 Å². The lowest BCUT2D eigenvalue weighted by Gasteiger charge is -2.23. The number of aromatic nitrogens is 3. The predicted molar refractivity (Wildman–Crippen MR) is 79.0 cm³/mol. The van der Waals surface area contributed by atoms with E-state index in [2.05, 4.69) is 31.3 Å². The van der Waals surface area contributed by atoms with E-state index in [9.17, 15) is 0 Å². The fraction of sp³-hybridized carbons (Fsp3) is 0.429. The number of hydrogen-bond acceptors (Lipinski definition) is 3. The van der Waals surface area contributed by atoms with Crippen molar-refractivity contribution in [3.63, 3.8) is 0 Å². The summed E-state index contributed by atoms with van der Waals surface area (Å²) >= 11 is 3.74. The molecule has 0 bridgehead atoms. The fourth-order valence-electron chi connectivity index (χ4n) is 2.73. The van der Waals surface area contributed by atoms with Gasteiger partial charge in [0, 0.05) is 37.5 Å². The van der Waals surface area contributed by atoms with Crippen LogP contribution >= 0.6 is 15.9 Å². The van der Waals surface area contributed by atoms with Gasteiger partial charge in [-0.15, -0.1) is 0 Å². The summed E-state index contributed by atoms with van der Waals surface area (Å²) in [5.74, 6) is 0.538. The van der Waals surface area contributed by atoms with E-state index in [4.69, 9.17) is 0 Å². The molecule has 1 unspecified atom stereocenters. The van der Waals surface area contributed by atoms with Crippen molar-refractivity contribution >= 4 is 15.9 Å². The quantitative estimate of drug-likeness (QED) is 0.925. The summed E-state index contributed by atoms with van der Waals surface area (Å²) in [6, 6.07) is 3.99. The molecule has 100 valence electrons. The van der Waals surface area contributed by atoms with Gasteiger partial charge in [0.2, 0.25) is 0 Å². The second-order valence-corrected chi connectivity index (χ2v) is 5.74. The van der Waals surface area contributed by atoms with Crippen LogP contribution < -0.4 is 5.32 Å². The third-order valence-electron chi connectivity index (χ3n) is 3.67. The molecule has 1 N–H and O–H groups in total. The van der Waals surface area contributed by atoms with E-state index in [1.165, 1.54) is 18.5 Å². The topological polar surface area (TPSA) is 42.7 Å². The second kappa shape index (κ2) is 5.43. The number of hydrogen-bond donors (Lipinski definition) is 1. The maximum atomic E-state index is 4.67. The smallest absolute Gasteiger partial charge is 0.107 e. The Kier molecular flexibility index (Phi) is 3.66. The first-order valence-electron chi connectivity index (χ1n) is 6.61. The van der Waals surface area contributed by atoms with Gasteiger partial charge in [-0.05, 0) is 47.4 Å². The van der Waals surface area contributed by atoms with Crippen LogP contribution in [0.25, 0.3) is 11.3 Å². The molecule has 1 fully saturated rings. The highest BCUT2D eigenvalue weighted by atomic mass is 79.9. The molecule has 0 radical (unpaired) electrons. The number of rotatable bonds is 2. The van der Waals surface area contributed by atoms with Gasteiger partial charge in [-0.2, -0.15) is 5.10 Å². The summed E-state index contributed by atoms with van der Waals surface area (Å²) in [5, 5.41) is 8.13. The van der Waals surface area contributed by atoms with Gasteiger partial charge in [-0.25, -0.2) is 0 Å². The van der Waals surface area contributed by atoms with E-state index in [1.807, 2.05) is 23.9 Å². The summed E-state index contributed by atoms with van der Waals surface area (Å²) in [5.41, 5.74) is 3.40. The molecule has 0 saturated carbocycles. The van der Waals surface area contributed by atoms with Gasteiger partial charge in [0.1, 0.15) is 5.69 Å². The minimum atomic E-state index is 0.538. The van der Waals surface area contributed by atoms with Crippen LogP contribution in [0.3, 0.4) is 0 Å². The molecular weight excluding hydrogens is 304 g/mol. The molecule has 1 saturated heterocycles. The molecule has 1 atom stereocenters. The SMILES string of the molecule is Cn1nc(-c2ccncc2)c(Br)c1C1CCCNC1. The Labute approximate surface area is 121 Å². The van der Waals surface area contributed by atoms with Crippen molar-refractivity contribution in [2.45, 2.75) is 18.8 Å². The molecule has 0 spiro atoms. The molecule has 19 heavy (non-hydrogen) atoms. The average molecular weight is 321 g/mol. The van der Waals surface area contributed by atoms with Crippen LogP contribution in [-0.4, -0.2) is 27.9 Å². The van der Waals surface area contributed by atoms with Crippen molar-refractivity contribution in [3.8, 4) is 11.3 Å². The third-order valence-corrected chi connectivity index (χ3v) is 4.45. The number of pyridine rings is 1. The van der Waals surface area contributed by atoms with Gasteiger partial charge < -0.3 is 5.32 Å². The van der Waals surface area contributed by atoms with Crippen LogP contribution in [0, 0.1) is 0 Å². The average Bonchev–Trinajstić information content (AvgIpc) is 2.76. The molecule has 0 aliphatic carbocycles. The van der Waals surface area contributed by atoms with Crippen molar-refractivity contribution < 1.29 is 0 Å². The van der Waals surface area contributed by atoms with Crippen molar-refractivity contribution in [2.24, 2.45) is 7.05 Å². The lowest BCUT2D eigenvalue weighted by atomic mass is 9.95. The highest BCUT2D eigenvalue weighted by Gasteiger charge is 2.24. The zero-order valence-electron chi connectivity index (χ0n) is 10.9. The minimum Gasteiger partial charge on any atom is -0.316 e. The first-order chi connectivity index (χ1) is 9.27. The Hall–Kier alpha value is -1.20. The van der Waals surface area contributed by atoms with E-state index in [1.54, 1.807) is 12.4 Å². The van der Waals surface area contributed by atoms with Gasteiger partial charge in [-0.3, -0.25) is 9.67 Å². The fourth-order valence-corrected chi connectivity index (χ4v) is 3.62. The molecule has 2 aromatic rings. The Morgan fingerprint density at radius 2 is 2.16 bits per heavy atom. The summed E-state index contributed by atoms with van der Waals surface area (Å²) in [6.07, 6.45) is 6.06. The van der Waals surface area contributed by atoms with Gasteiger partial charge in [0.15, 0.2) is 0 Å². The van der Waals surface area contributed by atoms with Gasteiger partial charge in [0.05, 0.1) is 10.2 Å². The van der Waals surface area contributed by atoms with Crippen LogP contribution in [0.5, 0.6) is 0 Å². The monoisotopic (exact) mass is 320 g/mol. The van der Waals surface area contributed by atoms with Crippen LogP contribution in [0.4, 0.5) is 0 Å². The van der Waals surface area contributed by atoms with Gasteiger partial charge in [-0.1, -0.05) is 0 Å². The highest BCUT2D eigenvalue weighted by Crippen LogP contribution is 2.36. The molecule has 0 amide bonds. The van der Waals surface area contributed by atoms with E-state index >= 15 is 0 Å². The Morgan fingerprint density at radius 1 is 1.37 bits per heavy atom. The zero-order chi connectivity index (χ0) is 13.2. The first kappa shape index (κ1) is 12.8. The second-order valence-electron chi connectivity index (χ2n) is 4.95. The zero-order valence-corrected chi connectivity index (χ0v) is 12.5. The van der Waals surface area contributed by atoms with Crippen molar-refractivity contribution in [2.75, 3.05) is 13.1 Å². The minimum absolute atomic E-state index is 0.538. The Bertz CT molecular complexity index is 558. The normalized spacial score (nSPS) is 19.6. The van der Waals surface area contributed by atoms with Crippen molar-refractivity contribution in [1.82, 2.24) is 20.1 Å².